The lowest BCUT2D eigenvalue weighted by Crippen LogP contribution is -2.01. The average Bonchev–Trinajstić information content (AvgIpc) is 3.24. The Kier molecular flexibility index (Phi) is 7.43. The molecule has 0 atom stereocenters. The maximum Gasteiger partial charge on any atom is 0.164 e. The van der Waals surface area contributed by atoms with Crippen LogP contribution >= 0.6 is 0 Å². The lowest BCUT2D eigenvalue weighted by atomic mass is 9.92. The third kappa shape index (κ3) is 5.63. The number of fused-ring (bicyclic) bond motifs is 2. The molecule has 0 unspecified atom stereocenters. The second-order valence-electron chi connectivity index (χ2n) is 13.2. The first-order valence-corrected chi connectivity index (χ1v) is 17.8. The predicted octanol–water partition coefficient (Wildman–Crippen LogP) is 12.8. The molecule has 0 fully saturated rings. The third-order valence-electron chi connectivity index (χ3n) is 9.95. The fourth-order valence-electron chi connectivity index (χ4n) is 7.31. The number of benzene rings is 8. The van der Waals surface area contributed by atoms with E-state index in [1.54, 1.807) is 0 Å². The van der Waals surface area contributed by atoms with Gasteiger partial charge < -0.3 is 4.74 Å². The van der Waals surface area contributed by atoms with E-state index in [1.165, 1.54) is 10.9 Å². The molecule has 0 spiro atoms. The van der Waals surface area contributed by atoms with Gasteiger partial charge in [-0.3, -0.25) is 0 Å². The van der Waals surface area contributed by atoms with Crippen molar-refractivity contribution in [3.05, 3.63) is 188 Å². The van der Waals surface area contributed by atoms with Crippen LogP contribution in [0.2, 0.25) is 0 Å². The zero-order valence-electron chi connectivity index (χ0n) is 28.6. The van der Waals surface area contributed by atoms with E-state index < -0.39 is 0 Å². The Morgan fingerprint density at radius 3 is 1.49 bits per heavy atom. The Morgan fingerprint density at radius 2 is 0.792 bits per heavy atom. The Morgan fingerprint density at radius 1 is 0.283 bits per heavy atom. The molecule has 8 aromatic carbocycles. The van der Waals surface area contributed by atoms with Crippen molar-refractivity contribution >= 4 is 10.8 Å². The average molecular weight is 678 g/mol. The lowest BCUT2D eigenvalue weighted by molar-refractivity contribution is 0.487. The summed E-state index contributed by atoms with van der Waals surface area (Å²) in [6, 6.07) is 65.1. The summed E-state index contributed by atoms with van der Waals surface area (Å²) in [7, 11) is 0. The molecule has 9 aromatic rings. The number of aromatic nitrogens is 3. The predicted molar refractivity (Wildman–Crippen MR) is 215 cm³/mol. The summed E-state index contributed by atoms with van der Waals surface area (Å²) in [5.74, 6) is 3.64. The largest absolute Gasteiger partial charge is 0.456 e. The Labute approximate surface area is 307 Å². The molecule has 0 aliphatic carbocycles. The van der Waals surface area contributed by atoms with E-state index in [-0.39, 0.29) is 0 Å². The molecule has 1 aromatic heterocycles. The monoisotopic (exact) mass is 677 g/mol. The molecule has 0 radical (unpaired) electrons. The van der Waals surface area contributed by atoms with Crippen molar-refractivity contribution in [2.75, 3.05) is 0 Å². The van der Waals surface area contributed by atoms with Crippen LogP contribution in [0.1, 0.15) is 0 Å². The molecule has 248 valence electrons. The molecule has 2 heterocycles. The minimum atomic E-state index is 0.617. The van der Waals surface area contributed by atoms with Crippen LogP contribution in [-0.2, 0) is 0 Å². The Balaban J connectivity index is 1.08. The number of ether oxygens (including phenoxy) is 1. The molecule has 1 aliphatic rings. The molecule has 4 nitrogen and oxygen atoms in total. The first kappa shape index (κ1) is 30.6. The maximum atomic E-state index is 6.36. The summed E-state index contributed by atoms with van der Waals surface area (Å²) in [6.07, 6.45) is 0. The van der Waals surface area contributed by atoms with Crippen LogP contribution in [-0.4, -0.2) is 15.0 Å². The highest BCUT2D eigenvalue weighted by Gasteiger charge is 2.21. The zero-order chi connectivity index (χ0) is 35.1. The molecule has 0 saturated carbocycles. The number of nitrogens with zero attached hydrogens (tertiary/aromatic N) is 3. The van der Waals surface area contributed by atoms with Crippen LogP contribution in [0.15, 0.2) is 188 Å². The van der Waals surface area contributed by atoms with Gasteiger partial charge in [0.05, 0.1) is 0 Å². The van der Waals surface area contributed by atoms with Crippen LogP contribution < -0.4 is 4.74 Å². The fourth-order valence-corrected chi connectivity index (χ4v) is 7.31. The van der Waals surface area contributed by atoms with Crippen LogP contribution in [0.5, 0.6) is 11.5 Å². The van der Waals surface area contributed by atoms with E-state index in [0.29, 0.717) is 17.5 Å². The van der Waals surface area contributed by atoms with Crippen molar-refractivity contribution < 1.29 is 4.74 Å². The maximum absolute atomic E-state index is 6.36. The van der Waals surface area contributed by atoms with Crippen molar-refractivity contribution in [2.45, 2.75) is 0 Å². The second kappa shape index (κ2) is 12.9. The molecule has 0 bridgehead atoms. The molecule has 1 aliphatic heterocycles. The molecule has 10 rings (SSSR count). The van der Waals surface area contributed by atoms with Gasteiger partial charge in [0.2, 0.25) is 0 Å². The second-order valence-corrected chi connectivity index (χ2v) is 13.2. The minimum absolute atomic E-state index is 0.617. The van der Waals surface area contributed by atoms with Gasteiger partial charge in [-0.2, -0.15) is 0 Å². The molecule has 4 heteroatoms. The normalized spacial score (nSPS) is 11.5. The summed E-state index contributed by atoms with van der Waals surface area (Å²) in [5.41, 5.74) is 11.7. The van der Waals surface area contributed by atoms with Gasteiger partial charge >= 0.3 is 0 Å². The van der Waals surface area contributed by atoms with E-state index in [1.807, 2.05) is 54.6 Å². The summed E-state index contributed by atoms with van der Waals surface area (Å²) >= 11 is 0. The van der Waals surface area contributed by atoms with Gasteiger partial charge in [-0.15, -0.1) is 0 Å². The minimum Gasteiger partial charge on any atom is -0.456 e. The lowest BCUT2D eigenvalue weighted by Gasteiger charge is -2.22. The molecule has 53 heavy (non-hydrogen) atoms. The van der Waals surface area contributed by atoms with Gasteiger partial charge in [0.25, 0.3) is 0 Å². The first-order valence-electron chi connectivity index (χ1n) is 17.8. The van der Waals surface area contributed by atoms with E-state index in [2.05, 4.69) is 133 Å². The molecular formula is C49H31N3O. The van der Waals surface area contributed by atoms with Crippen molar-refractivity contribution in [3.63, 3.8) is 0 Å². The van der Waals surface area contributed by atoms with Crippen LogP contribution in [0.3, 0.4) is 0 Å². The van der Waals surface area contributed by atoms with Crippen molar-refractivity contribution in [1.82, 2.24) is 15.0 Å². The quantitative estimate of drug-likeness (QED) is 0.176. The van der Waals surface area contributed by atoms with Crippen molar-refractivity contribution in [2.24, 2.45) is 0 Å². The highest BCUT2D eigenvalue weighted by atomic mass is 16.5. The Hall–Kier alpha value is -7.17. The first-order chi connectivity index (χ1) is 26.2. The van der Waals surface area contributed by atoms with Crippen LogP contribution in [0, 0.1) is 0 Å². The van der Waals surface area contributed by atoms with E-state index in [9.17, 15) is 0 Å². The van der Waals surface area contributed by atoms with Gasteiger partial charge in [0.15, 0.2) is 17.5 Å². The van der Waals surface area contributed by atoms with E-state index in [4.69, 9.17) is 19.7 Å². The van der Waals surface area contributed by atoms with E-state index in [0.717, 1.165) is 72.5 Å². The topological polar surface area (TPSA) is 47.9 Å². The summed E-state index contributed by atoms with van der Waals surface area (Å²) in [6.45, 7) is 0. The summed E-state index contributed by atoms with van der Waals surface area (Å²) in [5, 5.41) is 2.33. The highest BCUT2D eigenvalue weighted by Crippen LogP contribution is 2.47. The van der Waals surface area contributed by atoms with Gasteiger partial charge in [0, 0.05) is 27.6 Å². The summed E-state index contributed by atoms with van der Waals surface area (Å²) in [4.78, 5) is 15.4. The van der Waals surface area contributed by atoms with Crippen LogP contribution in [0.4, 0.5) is 0 Å². The fraction of sp³-hybridized carbons (Fsp3) is 0. The number of rotatable bonds is 6. The van der Waals surface area contributed by atoms with Crippen molar-refractivity contribution in [1.29, 1.82) is 0 Å². The summed E-state index contributed by atoms with van der Waals surface area (Å²) < 4.78 is 6.36. The van der Waals surface area contributed by atoms with E-state index >= 15 is 0 Å². The third-order valence-corrected chi connectivity index (χ3v) is 9.95. The van der Waals surface area contributed by atoms with Gasteiger partial charge in [-0.05, 0) is 68.6 Å². The van der Waals surface area contributed by atoms with Crippen molar-refractivity contribution in [3.8, 4) is 90.2 Å². The molecule has 0 saturated heterocycles. The molecule has 0 N–H and O–H groups in total. The smallest absolute Gasteiger partial charge is 0.164 e. The standard InChI is InChI=1S/C49H31N3O/c1-4-12-32(13-5-1)38-26-28-40(34-14-6-2-7-15-34)43(31-38)49-51-47(36-16-8-3-9-17-36)50-48(52-49)37-24-22-33(23-25-37)39-27-29-44-42(30-39)41-20-10-18-35-19-11-21-45(53-44)46(35)41/h1-31H. The Bertz CT molecular complexity index is 2780. The molecular weight excluding hydrogens is 647 g/mol. The number of hydrogen-bond donors (Lipinski definition) is 0. The van der Waals surface area contributed by atoms with Gasteiger partial charge in [-0.25, -0.2) is 15.0 Å². The zero-order valence-corrected chi connectivity index (χ0v) is 28.6. The SMILES string of the molecule is c1ccc(-c2ccc(-c3ccccc3)c(-c3nc(-c4ccccc4)nc(-c4ccc(-c5ccc6c(c5)-c5cccc7cccc(c57)O6)cc4)n3)c2)cc1. The molecule has 0 amide bonds. The van der Waals surface area contributed by atoms with Gasteiger partial charge in [-0.1, -0.05) is 164 Å². The highest BCUT2D eigenvalue weighted by molar-refractivity contribution is 6.04. The van der Waals surface area contributed by atoms with Gasteiger partial charge in [0.1, 0.15) is 11.5 Å². The number of hydrogen-bond acceptors (Lipinski definition) is 4. The van der Waals surface area contributed by atoms with Crippen LogP contribution in [0.25, 0.3) is 89.4 Å².